The number of phosphoric ester groups is 4. The average Bonchev–Trinajstić information content (AvgIpc) is 1.78. The van der Waals surface area contributed by atoms with Gasteiger partial charge in [0.05, 0.1) is 156 Å². The SMILES string of the molecule is COc1c2nc(cc3cc(-c4cc(C(=O)NOCCOP(=O)(O)OCC[N+](C)(C)C)cc(C(=O)NOCCOP(=O)(O)OCC[N+](C)(C)C)c4)c(cc4nc(cc5cc(-c6cc(C(=O)NOCCOP(=O)(O)OCC[N+](C)(C)C)cc(C(=O)NOCCOP(=O)(O)OCC[N+](C)(C)C)c6)c1[nH]5)C(C)(C)C4)[nH]3)C(C)(C)C2. The standard InChI is InChI=1S/C69H104N12O25P4/c1-68(2)45-55-42-58-56(47-34-49(64(82)74-95-26-30-103-107(86,87)99-22-18-78(5,6)7)38-50(35-47)65(83)75-96-27-31-104-108(88,89)100-23-19-79(8,9)10)40-53(70-58)43-61-69(3,4)46-59(73-61)63(94-17)62-57(41-54(72-62)44-60(68)71-55)48-36-51(66(84)76-97-28-32-105-109(90,91)101-24-20-80(11,12)13)39-52(37-48)67(85)77-98-29-33-106-110(92,93)102-25-21-81(14,15)16/h34-44H,18-33,45-46H2,1-17H3,(H6-4,70,71,72,73,74,75,76,77,82,83,84,85,86,87,88,89,90,91,92,93)/p+4. The number of aromatic amines is 2. The van der Waals surface area contributed by atoms with Gasteiger partial charge < -0.3 is 52.2 Å². The Morgan fingerprint density at radius 2 is 0.718 bits per heavy atom. The molecule has 0 radical (unpaired) electrons. The van der Waals surface area contributed by atoms with Gasteiger partial charge in [0.2, 0.25) is 0 Å². The normalized spacial score (nSPS) is 16.1. The Morgan fingerprint density at radius 3 is 1.06 bits per heavy atom. The van der Waals surface area contributed by atoms with E-state index in [0.717, 1.165) is 0 Å². The van der Waals surface area contributed by atoms with Gasteiger partial charge in [-0.25, -0.2) is 40.2 Å². The van der Waals surface area contributed by atoms with E-state index < -0.39 is 119 Å². The first kappa shape index (κ1) is 90.6. The van der Waals surface area contributed by atoms with E-state index >= 15 is 0 Å². The summed E-state index contributed by atoms with van der Waals surface area (Å²) in [6.45, 7) is 5.87. The second kappa shape index (κ2) is 38.0. The van der Waals surface area contributed by atoms with E-state index in [9.17, 15) is 57.0 Å². The van der Waals surface area contributed by atoms with Gasteiger partial charge in [-0.3, -0.25) is 84.7 Å². The molecule has 4 atom stereocenters. The maximum Gasteiger partial charge on any atom is 0.472 e. The Labute approximate surface area is 639 Å². The Balaban J connectivity index is 1.29. The number of phosphoric acid groups is 4. The molecule has 2 aliphatic rings. The number of fused-ring (bicyclic) bond motifs is 8. The van der Waals surface area contributed by atoms with E-state index in [4.69, 9.17) is 70.2 Å². The van der Waals surface area contributed by atoms with Crippen molar-refractivity contribution in [2.45, 2.75) is 51.4 Å². The largest absolute Gasteiger partial charge is 0.493 e. The number of hydrogen-bond donors (Lipinski definition) is 10. The zero-order chi connectivity index (χ0) is 81.5. The molecule has 7 rings (SSSR count). The molecule has 37 nitrogen and oxygen atoms in total. The predicted molar refractivity (Wildman–Crippen MR) is 404 cm³/mol. The number of methoxy groups -OCH3 is 1. The highest BCUT2D eigenvalue weighted by atomic mass is 31.2. The summed E-state index contributed by atoms with van der Waals surface area (Å²) < 4.78 is 99.1. The molecule has 41 heteroatoms. The fourth-order valence-electron chi connectivity index (χ4n) is 10.6. The molecule has 0 saturated heterocycles. The van der Waals surface area contributed by atoms with E-state index in [1.165, 1.54) is 43.5 Å². The van der Waals surface area contributed by atoms with Crippen LogP contribution in [0.3, 0.4) is 0 Å². The molecule has 5 aromatic rings. The Kier molecular flexibility index (Phi) is 31.3. The molecule has 4 unspecified atom stereocenters. The van der Waals surface area contributed by atoms with Crippen molar-refractivity contribution in [3.05, 3.63) is 112 Å². The summed E-state index contributed by atoms with van der Waals surface area (Å²) in [7, 11) is 6.12. The molecular formula is C69H108N12O25P4+4. The van der Waals surface area contributed by atoms with Gasteiger partial charge in [-0.15, -0.1) is 0 Å². The molecule has 4 amide bonds. The number of carbonyl (C=O) groups excluding carboxylic acids is 4. The molecule has 2 aliphatic heterocycles. The molecule has 610 valence electrons. The first-order valence-corrected chi connectivity index (χ1v) is 41.0. The summed E-state index contributed by atoms with van der Waals surface area (Å²) in [5.41, 5.74) is 13.2. The monoisotopic (exact) mass is 1630 g/mol. The van der Waals surface area contributed by atoms with Crippen molar-refractivity contribution in [2.75, 3.05) is 197 Å². The topological polar surface area (TPSA) is 443 Å². The second-order valence-electron chi connectivity index (χ2n) is 31.4. The molecule has 8 bridgehead atoms. The average molecular weight is 1630 g/mol. The highest BCUT2D eigenvalue weighted by molar-refractivity contribution is 7.48. The zero-order valence-electron chi connectivity index (χ0n) is 65.4. The van der Waals surface area contributed by atoms with Crippen molar-refractivity contribution >= 4 is 77.0 Å². The van der Waals surface area contributed by atoms with E-state index in [2.05, 4.69) is 31.9 Å². The minimum Gasteiger partial charge on any atom is -0.493 e. The van der Waals surface area contributed by atoms with Crippen LogP contribution in [0.4, 0.5) is 0 Å². The number of quaternary nitrogens is 4. The van der Waals surface area contributed by atoms with E-state index in [1.54, 1.807) is 6.07 Å². The number of rotatable bonds is 43. The van der Waals surface area contributed by atoms with Gasteiger partial charge in [0.25, 0.3) is 23.6 Å². The van der Waals surface area contributed by atoms with Crippen molar-refractivity contribution < 1.29 is 135 Å². The highest BCUT2D eigenvalue weighted by Gasteiger charge is 2.34. The summed E-state index contributed by atoms with van der Waals surface area (Å²) in [5, 5.41) is 0. The molecule has 110 heavy (non-hydrogen) atoms. The Hall–Kier alpha value is -6.64. The number of ether oxygens (including phenoxy) is 1. The third-order valence-electron chi connectivity index (χ3n) is 16.5. The molecule has 0 spiro atoms. The number of carbonyl (C=O) groups is 4. The van der Waals surface area contributed by atoms with Gasteiger partial charge in [0.15, 0.2) is 5.75 Å². The summed E-state index contributed by atoms with van der Waals surface area (Å²) >= 11 is 0. The highest BCUT2D eigenvalue weighted by Crippen LogP contribution is 2.47. The minimum absolute atomic E-state index is 0.0707. The van der Waals surface area contributed by atoms with Gasteiger partial charge >= 0.3 is 31.3 Å². The summed E-state index contributed by atoms with van der Waals surface area (Å²) in [6, 6.07) is 17.7. The number of nitrogens with zero attached hydrogens (tertiary/aromatic N) is 6. The predicted octanol–water partition coefficient (Wildman–Crippen LogP) is 6.70. The van der Waals surface area contributed by atoms with Gasteiger partial charge in [-0.05, 0) is 77.9 Å². The van der Waals surface area contributed by atoms with Crippen LogP contribution in [0.1, 0.15) is 91.9 Å². The van der Waals surface area contributed by atoms with Gasteiger partial charge in [-0.2, -0.15) is 0 Å². The lowest BCUT2D eigenvalue weighted by atomic mass is 9.86. The van der Waals surface area contributed by atoms with E-state index in [-0.39, 0.29) is 60.0 Å². The maximum absolute atomic E-state index is 14.2. The lowest BCUT2D eigenvalue weighted by Gasteiger charge is -2.24. The fourth-order valence-corrected chi connectivity index (χ4v) is 13.3. The first-order chi connectivity index (χ1) is 51.0. The number of amides is 4. The molecule has 5 heterocycles. The van der Waals surface area contributed by atoms with Crippen LogP contribution < -0.4 is 26.7 Å². The zero-order valence-corrected chi connectivity index (χ0v) is 69.0. The van der Waals surface area contributed by atoms with Crippen molar-refractivity contribution in [3.8, 4) is 28.0 Å². The summed E-state index contributed by atoms with van der Waals surface area (Å²) in [6.07, 6.45) is 0.687. The number of benzene rings is 2. The van der Waals surface area contributed by atoms with Crippen LogP contribution in [0, 0.1) is 0 Å². The van der Waals surface area contributed by atoms with Crippen LogP contribution >= 0.6 is 31.3 Å². The van der Waals surface area contributed by atoms with E-state index in [0.29, 0.717) is 118 Å². The van der Waals surface area contributed by atoms with Gasteiger partial charge in [-0.1, -0.05) is 27.7 Å². The molecule has 2 aromatic carbocycles. The van der Waals surface area contributed by atoms with Crippen LogP contribution in [0.2, 0.25) is 0 Å². The van der Waals surface area contributed by atoms with Gasteiger partial charge in [0, 0.05) is 90.7 Å². The summed E-state index contributed by atoms with van der Waals surface area (Å²) in [4.78, 5) is 137. The van der Waals surface area contributed by atoms with Crippen molar-refractivity contribution in [1.29, 1.82) is 0 Å². The summed E-state index contributed by atoms with van der Waals surface area (Å²) in [5.74, 6) is -3.10. The number of aromatic nitrogens is 4. The fraction of sp³-hybridized carbons (Fsp3) is 0.536. The van der Waals surface area contributed by atoms with Crippen LogP contribution in [0.5, 0.6) is 5.75 Å². The Morgan fingerprint density at radius 1 is 0.409 bits per heavy atom. The second-order valence-corrected chi connectivity index (χ2v) is 37.2. The van der Waals surface area contributed by atoms with Crippen LogP contribution in [0.15, 0.2) is 66.7 Å². The quantitative estimate of drug-likeness (QED) is 0.00839. The number of nitrogens with one attached hydrogen (secondary N) is 6. The van der Waals surface area contributed by atoms with Crippen molar-refractivity contribution in [2.24, 2.45) is 0 Å². The smallest absolute Gasteiger partial charge is 0.472 e. The lowest BCUT2D eigenvalue weighted by molar-refractivity contribution is -0.870. The van der Waals surface area contributed by atoms with E-state index in [1.807, 2.05) is 137 Å². The number of hydroxylamine groups is 4. The molecule has 0 saturated carbocycles. The number of H-pyrrole nitrogens is 2. The van der Waals surface area contributed by atoms with Gasteiger partial charge in [0.1, 0.15) is 52.6 Å². The third-order valence-corrected chi connectivity index (χ3v) is 20.5. The Bertz CT molecular complexity index is 4290. The molecule has 0 fully saturated rings. The van der Waals surface area contributed by atoms with Crippen LogP contribution in [0.25, 0.3) is 44.3 Å². The first-order valence-electron chi connectivity index (χ1n) is 35.0. The molecule has 0 aliphatic carbocycles. The molecule has 10 N–H and O–H groups in total. The van der Waals surface area contributed by atoms with Crippen molar-refractivity contribution in [1.82, 2.24) is 41.9 Å². The number of hydrogen-bond acceptors (Lipinski definition) is 23. The van der Waals surface area contributed by atoms with Crippen molar-refractivity contribution in [3.63, 3.8) is 0 Å². The van der Waals surface area contributed by atoms with Crippen LogP contribution in [-0.4, -0.2) is 278 Å². The lowest BCUT2D eigenvalue weighted by Crippen LogP contribution is -2.37. The molecule has 3 aromatic heterocycles. The molecular weight excluding hydrogens is 1520 g/mol. The van der Waals surface area contributed by atoms with Crippen LogP contribution in [-0.2, 0) is 97.5 Å². The minimum atomic E-state index is -4.49. The third kappa shape index (κ3) is 29.7. The number of likely N-dealkylation sites (N-methyl/N-ethyl adjacent to an activating group) is 4. The maximum atomic E-state index is 14.2.